The Bertz CT molecular complexity index is 991. The minimum absolute atomic E-state index is 0.0415. The summed E-state index contributed by atoms with van der Waals surface area (Å²) in [6.45, 7) is 5.09. The van der Waals surface area contributed by atoms with E-state index in [0.717, 1.165) is 56.1 Å². The Morgan fingerprint density at radius 2 is 1.81 bits per heavy atom. The predicted molar refractivity (Wildman–Crippen MR) is 125 cm³/mol. The maximum absolute atomic E-state index is 13.1. The normalized spacial score (nSPS) is 16.4. The molecule has 1 fully saturated rings. The van der Waals surface area contributed by atoms with E-state index in [2.05, 4.69) is 10.8 Å². The van der Waals surface area contributed by atoms with Crippen LogP contribution in [-0.4, -0.2) is 67.5 Å². The highest BCUT2D eigenvalue weighted by atomic mass is 16.5. The van der Waals surface area contributed by atoms with Crippen molar-refractivity contribution in [1.29, 1.82) is 0 Å². The van der Waals surface area contributed by atoms with Crippen LogP contribution in [0.1, 0.15) is 28.8 Å². The molecule has 0 N–H and O–H groups in total. The van der Waals surface area contributed by atoms with Gasteiger partial charge in [0.25, 0.3) is 5.91 Å². The van der Waals surface area contributed by atoms with Crippen molar-refractivity contribution in [2.75, 3.05) is 50.8 Å². The number of rotatable bonds is 7. The van der Waals surface area contributed by atoms with Gasteiger partial charge in [-0.15, -0.1) is 6.42 Å². The van der Waals surface area contributed by atoms with Crippen LogP contribution < -0.4 is 9.64 Å². The topological polar surface area (TPSA) is 53.1 Å². The maximum Gasteiger partial charge on any atom is 0.253 e. The van der Waals surface area contributed by atoms with Crippen molar-refractivity contribution in [3.8, 4) is 18.1 Å². The van der Waals surface area contributed by atoms with E-state index in [9.17, 15) is 9.59 Å². The highest BCUT2D eigenvalue weighted by Crippen LogP contribution is 2.29. The summed E-state index contributed by atoms with van der Waals surface area (Å²) in [5.41, 5.74) is 2.53. The largest absolute Gasteiger partial charge is 0.494 e. The first-order chi connectivity index (χ1) is 15.7. The molecule has 0 atom stereocenters. The van der Waals surface area contributed by atoms with Crippen LogP contribution in [0.2, 0.25) is 0 Å². The van der Waals surface area contributed by atoms with Gasteiger partial charge in [-0.25, -0.2) is 0 Å². The average molecular weight is 432 g/mol. The molecule has 0 bridgehead atoms. The number of amides is 2. The summed E-state index contributed by atoms with van der Waals surface area (Å²) in [5, 5.41) is 0. The van der Waals surface area contributed by atoms with Gasteiger partial charge in [-0.1, -0.05) is 24.1 Å². The molecule has 0 spiro atoms. The molecule has 1 saturated heterocycles. The number of ether oxygens (including phenoxy) is 1. The molecule has 2 aromatic rings. The zero-order valence-electron chi connectivity index (χ0n) is 18.3. The van der Waals surface area contributed by atoms with Crippen LogP contribution in [0, 0.1) is 12.3 Å². The van der Waals surface area contributed by atoms with Crippen molar-refractivity contribution < 1.29 is 14.3 Å². The van der Waals surface area contributed by atoms with Crippen LogP contribution in [0.3, 0.4) is 0 Å². The van der Waals surface area contributed by atoms with Gasteiger partial charge in [0.2, 0.25) is 5.91 Å². The lowest BCUT2D eigenvalue weighted by Gasteiger charge is -2.35. The molecule has 2 aromatic carbocycles. The minimum atomic E-state index is 0.0415. The number of carbonyl (C=O) groups is 2. The number of benzene rings is 2. The number of para-hydroxylation sites is 1. The molecule has 0 unspecified atom stereocenters. The third-order valence-corrected chi connectivity index (χ3v) is 6.07. The van der Waals surface area contributed by atoms with Gasteiger partial charge in [-0.2, -0.15) is 0 Å². The molecule has 2 heterocycles. The summed E-state index contributed by atoms with van der Waals surface area (Å²) in [7, 11) is 0. The van der Waals surface area contributed by atoms with Gasteiger partial charge in [0.1, 0.15) is 5.75 Å². The summed E-state index contributed by atoms with van der Waals surface area (Å²) in [6, 6.07) is 15.5. The highest BCUT2D eigenvalue weighted by molar-refractivity contribution is 5.99. The standard InChI is InChI=1S/C26H29N3O3/c1-2-13-29-24-11-9-22(20-21(24)10-12-25(29)30)26(31)28-17-15-27(16-18-28)14-6-19-32-23-7-4-3-5-8-23/h1,3-5,7-9,11,20H,6,10,12-19H2. The van der Waals surface area contributed by atoms with E-state index in [1.54, 1.807) is 4.90 Å². The Hall–Kier alpha value is -3.30. The molecule has 0 aliphatic carbocycles. The van der Waals surface area contributed by atoms with Gasteiger partial charge in [0.05, 0.1) is 13.2 Å². The molecule has 6 heteroatoms. The maximum atomic E-state index is 13.1. The summed E-state index contributed by atoms with van der Waals surface area (Å²) in [4.78, 5) is 31.1. The van der Waals surface area contributed by atoms with Gasteiger partial charge in [0.15, 0.2) is 0 Å². The fourth-order valence-electron chi connectivity index (χ4n) is 4.31. The predicted octanol–water partition coefficient (Wildman–Crippen LogP) is 2.83. The Morgan fingerprint density at radius 3 is 2.56 bits per heavy atom. The zero-order valence-corrected chi connectivity index (χ0v) is 18.3. The van der Waals surface area contributed by atoms with Crippen molar-refractivity contribution in [1.82, 2.24) is 9.80 Å². The Balaban J connectivity index is 1.26. The first-order valence-electron chi connectivity index (χ1n) is 11.2. The van der Waals surface area contributed by atoms with Gasteiger partial charge in [0, 0.05) is 50.4 Å². The number of hydrogen-bond donors (Lipinski definition) is 0. The van der Waals surface area contributed by atoms with Gasteiger partial charge >= 0.3 is 0 Å². The molecule has 2 aliphatic heterocycles. The van der Waals surface area contributed by atoms with Crippen molar-refractivity contribution in [2.24, 2.45) is 0 Å². The summed E-state index contributed by atoms with van der Waals surface area (Å²) in [6.07, 6.45) is 7.45. The van der Waals surface area contributed by atoms with Crippen molar-refractivity contribution in [3.05, 3.63) is 59.7 Å². The molecule has 166 valence electrons. The average Bonchev–Trinajstić information content (AvgIpc) is 2.84. The molecule has 32 heavy (non-hydrogen) atoms. The van der Waals surface area contributed by atoms with Crippen LogP contribution in [0.4, 0.5) is 5.69 Å². The van der Waals surface area contributed by atoms with Crippen LogP contribution in [0.5, 0.6) is 5.75 Å². The highest BCUT2D eigenvalue weighted by Gasteiger charge is 2.26. The van der Waals surface area contributed by atoms with Crippen LogP contribution in [-0.2, 0) is 11.2 Å². The number of anilines is 1. The van der Waals surface area contributed by atoms with E-state index >= 15 is 0 Å². The third-order valence-electron chi connectivity index (χ3n) is 6.07. The number of piperazine rings is 1. The lowest BCUT2D eigenvalue weighted by Crippen LogP contribution is -2.49. The fraction of sp³-hybridized carbons (Fsp3) is 0.385. The third kappa shape index (κ3) is 5.12. The Labute approximate surface area is 189 Å². The van der Waals surface area contributed by atoms with Crippen molar-refractivity contribution in [2.45, 2.75) is 19.3 Å². The van der Waals surface area contributed by atoms with Crippen molar-refractivity contribution >= 4 is 17.5 Å². The molecule has 2 aliphatic rings. The van der Waals surface area contributed by atoms with E-state index in [1.165, 1.54) is 0 Å². The van der Waals surface area contributed by atoms with Crippen LogP contribution >= 0.6 is 0 Å². The van der Waals surface area contributed by atoms with E-state index in [4.69, 9.17) is 11.2 Å². The summed E-state index contributed by atoms with van der Waals surface area (Å²) >= 11 is 0. The second-order valence-electron chi connectivity index (χ2n) is 8.18. The minimum Gasteiger partial charge on any atom is -0.494 e. The van der Waals surface area contributed by atoms with E-state index in [-0.39, 0.29) is 18.4 Å². The number of hydrogen-bond acceptors (Lipinski definition) is 4. The number of nitrogens with zero attached hydrogens (tertiary/aromatic N) is 3. The molecule has 6 nitrogen and oxygen atoms in total. The Morgan fingerprint density at radius 1 is 1.03 bits per heavy atom. The van der Waals surface area contributed by atoms with Crippen LogP contribution in [0.25, 0.3) is 0 Å². The van der Waals surface area contributed by atoms with Crippen LogP contribution in [0.15, 0.2) is 48.5 Å². The van der Waals surface area contributed by atoms with E-state index in [0.29, 0.717) is 25.0 Å². The number of fused-ring (bicyclic) bond motifs is 1. The first kappa shape index (κ1) is 21.9. The second-order valence-corrected chi connectivity index (χ2v) is 8.18. The molecule has 4 rings (SSSR count). The van der Waals surface area contributed by atoms with Gasteiger partial charge in [-0.3, -0.25) is 14.5 Å². The number of carbonyl (C=O) groups excluding carboxylic acids is 2. The first-order valence-corrected chi connectivity index (χ1v) is 11.2. The monoisotopic (exact) mass is 431 g/mol. The van der Waals surface area contributed by atoms with Gasteiger partial charge in [-0.05, 0) is 48.7 Å². The molecular formula is C26H29N3O3. The zero-order chi connectivity index (χ0) is 22.3. The summed E-state index contributed by atoms with van der Waals surface area (Å²) in [5.74, 6) is 3.55. The quantitative estimate of drug-likeness (QED) is 0.500. The van der Waals surface area contributed by atoms with Crippen molar-refractivity contribution in [3.63, 3.8) is 0 Å². The molecule has 0 saturated carbocycles. The Kier molecular flexibility index (Phi) is 7.08. The van der Waals surface area contributed by atoms with E-state index < -0.39 is 0 Å². The molecule has 0 radical (unpaired) electrons. The molecule has 0 aromatic heterocycles. The molecular weight excluding hydrogens is 402 g/mol. The molecule has 2 amide bonds. The lowest BCUT2D eigenvalue weighted by molar-refractivity contribution is -0.118. The SMILES string of the molecule is C#CCN1C(=O)CCc2cc(C(=O)N3CCN(CCCOc4ccccc4)CC3)ccc21. The summed E-state index contributed by atoms with van der Waals surface area (Å²) < 4.78 is 5.76. The fourth-order valence-corrected chi connectivity index (χ4v) is 4.31. The van der Waals surface area contributed by atoms with E-state index in [1.807, 2.05) is 53.4 Å². The lowest BCUT2D eigenvalue weighted by atomic mass is 9.98. The number of aryl methyl sites for hydroxylation is 1. The second kappa shape index (κ2) is 10.3. The smallest absolute Gasteiger partial charge is 0.253 e. The number of terminal acetylenes is 1. The van der Waals surface area contributed by atoms with Gasteiger partial charge < -0.3 is 14.5 Å².